The summed E-state index contributed by atoms with van der Waals surface area (Å²) in [6.45, 7) is 0.823. The SMILES string of the molecule is C[N+](C)(C)c1ccc(CNC(=O)c2c(Cl)c3ccccc3n2Cc2cccc(C(=N)N)c2)cc1. The number of amidine groups is 1. The molecule has 4 aromatic rings. The zero-order valence-corrected chi connectivity index (χ0v) is 20.4. The lowest BCUT2D eigenvalue weighted by atomic mass is 10.1. The van der Waals surface area contributed by atoms with Crippen LogP contribution in [0.2, 0.25) is 5.02 Å². The predicted molar refractivity (Wildman–Crippen MR) is 141 cm³/mol. The minimum absolute atomic E-state index is 0.00601. The molecule has 34 heavy (non-hydrogen) atoms. The minimum atomic E-state index is -0.236. The Bertz CT molecular complexity index is 1370. The standard InChI is InChI=1S/C27H28ClN5O/c1-33(2,3)21-13-11-18(12-14-21)16-31-27(34)25-24(28)22-9-4-5-10-23(22)32(25)17-19-7-6-8-20(15-19)26(29)30/h4-15H,16-17H2,1-3H3,(H3-,29,30,31,34)/p+1. The number of nitrogens with zero attached hydrogens (tertiary/aromatic N) is 2. The van der Waals surface area contributed by atoms with Gasteiger partial charge >= 0.3 is 0 Å². The third kappa shape index (κ3) is 4.83. The van der Waals surface area contributed by atoms with Crippen molar-refractivity contribution < 1.29 is 4.79 Å². The largest absolute Gasteiger partial charge is 0.384 e. The summed E-state index contributed by atoms with van der Waals surface area (Å²) in [5, 5.41) is 12.0. The van der Waals surface area contributed by atoms with Crippen LogP contribution in [-0.2, 0) is 13.1 Å². The number of para-hydroxylation sites is 1. The van der Waals surface area contributed by atoms with Crippen molar-refractivity contribution in [2.24, 2.45) is 5.73 Å². The molecule has 0 bridgehead atoms. The van der Waals surface area contributed by atoms with Gasteiger partial charge in [-0.3, -0.25) is 14.7 Å². The fourth-order valence-electron chi connectivity index (χ4n) is 3.99. The summed E-state index contributed by atoms with van der Waals surface area (Å²) in [7, 11) is 6.34. The summed E-state index contributed by atoms with van der Waals surface area (Å²) in [5.74, 6) is -0.230. The van der Waals surface area contributed by atoms with Gasteiger partial charge in [0.2, 0.25) is 0 Å². The van der Waals surface area contributed by atoms with Crippen LogP contribution in [-0.4, -0.2) is 37.5 Å². The molecule has 0 saturated carbocycles. The van der Waals surface area contributed by atoms with Gasteiger partial charge in [0.15, 0.2) is 0 Å². The highest BCUT2D eigenvalue weighted by Crippen LogP contribution is 2.31. The molecule has 1 heterocycles. The van der Waals surface area contributed by atoms with E-state index in [0.29, 0.717) is 29.4 Å². The molecule has 0 saturated heterocycles. The average Bonchev–Trinajstić information content (AvgIpc) is 3.09. The highest BCUT2D eigenvalue weighted by atomic mass is 35.5. The predicted octanol–water partition coefficient (Wildman–Crippen LogP) is 4.75. The lowest BCUT2D eigenvalue weighted by Gasteiger charge is -2.23. The van der Waals surface area contributed by atoms with E-state index in [1.54, 1.807) is 6.07 Å². The molecule has 174 valence electrons. The Kier molecular flexibility index (Phi) is 6.46. The number of amides is 1. The molecule has 1 aromatic heterocycles. The zero-order valence-electron chi connectivity index (χ0n) is 19.6. The number of nitrogens with two attached hydrogens (primary N) is 1. The topological polar surface area (TPSA) is 83.9 Å². The van der Waals surface area contributed by atoms with Crippen LogP contribution in [0.5, 0.6) is 0 Å². The Morgan fingerprint density at radius 2 is 1.71 bits per heavy atom. The van der Waals surface area contributed by atoms with E-state index in [2.05, 4.69) is 38.6 Å². The number of aromatic nitrogens is 1. The minimum Gasteiger partial charge on any atom is -0.384 e. The van der Waals surface area contributed by atoms with Crippen LogP contribution < -0.4 is 15.5 Å². The van der Waals surface area contributed by atoms with E-state index in [-0.39, 0.29) is 11.7 Å². The van der Waals surface area contributed by atoms with Crippen molar-refractivity contribution in [3.05, 3.63) is 100 Å². The molecular weight excluding hydrogens is 446 g/mol. The van der Waals surface area contributed by atoms with E-state index in [1.165, 1.54) is 5.69 Å². The van der Waals surface area contributed by atoms with Gasteiger partial charge in [-0.25, -0.2) is 0 Å². The van der Waals surface area contributed by atoms with E-state index in [0.717, 1.165) is 26.5 Å². The third-order valence-electron chi connectivity index (χ3n) is 5.87. The summed E-state index contributed by atoms with van der Waals surface area (Å²) in [6.07, 6.45) is 0. The average molecular weight is 475 g/mol. The van der Waals surface area contributed by atoms with Crippen molar-refractivity contribution in [1.29, 1.82) is 5.41 Å². The second-order valence-corrected chi connectivity index (χ2v) is 9.62. The maximum absolute atomic E-state index is 13.3. The van der Waals surface area contributed by atoms with Gasteiger partial charge in [0.05, 0.1) is 31.7 Å². The smallest absolute Gasteiger partial charge is 0.269 e. The van der Waals surface area contributed by atoms with Gasteiger partial charge in [0.25, 0.3) is 5.91 Å². The van der Waals surface area contributed by atoms with Crippen LogP contribution in [0.1, 0.15) is 27.2 Å². The maximum atomic E-state index is 13.3. The fraction of sp³-hybridized carbons (Fsp3) is 0.185. The number of nitrogen functional groups attached to an aromatic ring is 1. The summed E-state index contributed by atoms with van der Waals surface area (Å²) in [5.41, 5.74) is 10.7. The summed E-state index contributed by atoms with van der Waals surface area (Å²) in [6, 6.07) is 23.4. The van der Waals surface area contributed by atoms with Gasteiger partial charge < -0.3 is 15.6 Å². The molecule has 0 fully saturated rings. The van der Waals surface area contributed by atoms with Gasteiger partial charge in [0.1, 0.15) is 17.2 Å². The van der Waals surface area contributed by atoms with E-state index >= 15 is 0 Å². The first kappa shape index (κ1) is 23.5. The number of fused-ring (bicyclic) bond motifs is 1. The van der Waals surface area contributed by atoms with Gasteiger partial charge in [0, 0.05) is 24.0 Å². The molecule has 4 N–H and O–H groups in total. The number of nitrogens with one attached hydrogen (secondary N) is 2. The lowest BCUT2D eigenvalue weighted by molar-refractivity contribution is 0.0942. The Morgan fingerprint density at radius 1 is 1.00 bits per heavy atom. The van der Waals surface area contributed by atoms with Gasteiger partial charge in [-0.05, 0) is 35.4 Å². The van der Waals surface area contributed by atoms with Crippen LogP contribution in [0.25, 0.3) is 10.9 Å². The molecule has 0 radical (unpaired) electrons. The molecule has 4 rings (SSSR count). The first-order valence-corrected chi connectivity index (χ1v) is 11.4. The summed E-state index contributed by atoms with van der Waals surface area (Å²) >= 11 is 6.72. The molecule has 1 amide bonds. The maximum Gasteiger partial charge on any atom is 0.269 e. The first-order valence-electron chi connectivity index (χ1n) is 11.0. The normalized spacial score (nSPS) is 11.5. The lowest BCUT2D eigenvalue weighted by Crippen LogP contribution is -2.34. The van der Waals surface area contributed by atoms with Crippen molar-refractivity contribution >= 4 is 39.9 Å². The second-order valence-electron chi connectivity index (χ2n) is 9.24. The Morgan fingerprint density at radius 3 is 2.38 bits per heavy atom. The quantitative estimate of drug-likeness (QED) is 0.205. The molecule has 0 aliphatic carbocycles. The first-order chi connectivity index (χ1) is 16.1. The molecule has 0 spiro atoms. The van der Waals surface area contributed by atoms with Crippen LogP contribution in [0.4, 0.5) is 5.69 Å². The number of hydrogen-bond donors (Lipinski definition) is 3. The van der Waals surface area contributed by atoms with Crippen molar-refractivity contribution in [3.8, 4) is 0 Å². The summed E-state index contributed by atoms with van der Waals surface area (Å²) in [4.78, 5) is 13.3. The highest BCUT2D eigenvalue weighted by Gasteiger charge is 2.22. The monoisotopic (exact) mass is 474 g/mol. The second kappa shape index (κ2) is 9.33. The van der Waals surface area contributed by atoms with Crippen LogP contribution >= 0.6 is 11.6 Å². The summed E-state index contributed by atoms with van der Waals surface area (Å²) < 4.78 is 2.65. The zero-order chi connectivity index (χ0) is 24.5. The van der Waals surface area contributed by atoms with Crippen molar-refractivity contribution in [3.63, 3.8) is 0 Å². The molecule has 3 aromatic carbocycles. The number of quaternary nitrogens is 1. The molecule has 7 heteroatoms. The van der Waals surface area contributed by atoms with E-state index < -0.39 is 0 Å². The Labute approximate surface area is 204 Å². The number of benzene rings is 3. The molecule has 0 aliphatic heterocycles. The number of halogens is 1. The molecule has 0 aliphatic rings. The third-order valence-corrected chi connectivity index (χ3v) is 6.25. The van der Waals surface area contributed by atoms with Crippen molar-refractivity contribution in [2.75, 3.05) is 21.1 Å². The fourth-order valence-corrected chi connectivity index (χ4v) is 4.34. The number of rotatable bonds is 7. The Hall–Kier alpha value is -3.61. The van der Waals surface area contributed by atoms with Crippen molar-refractivity contribution in [1.82, 2.24) is 14.4 Å². The molecular formula is C27H29ClN5O+. The van der Waals surface area contributed by atoms with Gasteiger partial charge in [-0.15, -0.1) is 0 Å². The van der Waals surface area contributed by atoms with Gasteiger partial charge in [-0.2, -0.15) is 0 Å². The molecule has 6 nitrogen and oxygen atoms in total. The van der Waals surface area contributed by atoms with Crippen LogP contribution in [0.3, 0.4) is 0 Å². The highest BCUT2D eigenvalue weighted by molar-refractivity contribution is 6.38. The number of carbonyl (C=O) groups excluding carboxylic acids is 1. The molecule has 0 atom stereocenters. The number of carbonyl (C=O) groups is 1. The Balaban J connectivity index is 1.64. The van der Waals surface area contributed by atoms with E-state index in [4.69, 9.17) is 22.7 Å². The van der Waals surface area contributed by atoms with Crippen LogP contribution in [0, 0.1) is 5.41 Å². The van der Waals surface area contributed by atoms with Gasteiger partial charge in [-0.1, -0.05) is 60.1 Å². The molecule has 0 unspecified atom stereocenters. The van der Waals surface area contributed by atoms with Crippen molar-refractivity contribution in [2.45, 2.75) is 13.1 Å². The van der Waals surface area contributed by atoms with Crippen LogP contribution in [0.15, 0.2) is 72.8 Å². The number of hydrogen-bond acceptors (Lipinski definition) is 2. The van der Waals surface area contributed by atoms with E-state index in [1.807, 2.05) is 59.2 Å². The van der Waals surface area contributed by atoms with E-state index in [9.17, 15) is 4.79 Å².